The van der Waals surface area contributed by atoms with Gasteiger partial charge in [-0.05, 0) is 41.8 Å². The van der Waals surface area contributed by atoms with Crippen LogP contribution < -0.4 is 16.4 Å². The van der Waals surface area contributed by atoms with Crippen molar-refractivity contribution in [2.75, 3.05) is 11.9 Å². The van der Waals surface area contributed by atoms with Crippen LogP contribution >= 0.6 is 0 Å². The van der Waals surface area contributed by atoms with E-state index in [1.807, 2.05) is 37.3 Å². The molecule has 0 spiro atoms. The van der Waals surface area contributed by atoms with Gasteiger partial charge in [0.2, 0.25) is 5.91 Å². The Bertz CT molecular complexity index is 656. The molecule has 1 aromatic carbocycles. The summed E-state index contributed by atoms with van der Waals surface area (Å²) >= 11 is 0. The first-order valence-electron chi connectivity index (χ1n) is 6.40. The summed E-state index contributed by atoms with van der Waals surface area (Å²) in [6, 6.07) is 8.84. The number of aromatic nitrogens is 1. The van der Waals surface area contributed by atoms with Crippen molar-refractivity contribution in [1.82, 2.24) is 10.3 Å². The number of carbonyl (C=O) groups excluding carboxylic acids is 2. The van der Waals surface area contributed by atoms with E-state index in [9.17, 15) is 9.59 Å². The summed E-state index contributed by atoms with van der Waals surface area (Å²) in [6.07, 6.45) is 3.43. The molecule has 2 aromatic rings. The number of benzene rings is 1. The highest BCUT2D eigenvalue weighted by molar-refractivity contribution is 5.95. The Kier molecular flexibility index (Phi) is 4.50. The van der Waals surface area contributed by atoms with Crippen LogP contribution in [0.3, 0.4) is 0 Å². The van der Waals surface area contributed by atoms with Crippen LogP contribution in [-0.2, 0) is 4.79 Å². The van der Waals surface area contributed by atoms with Gasteiger partial charge in [0, 0.05) is 18.1 Å². The van der Waals surface area contributed by atoms with E-state index in [2.05, 4.69) is 15.6 Å². The zero-order valence-corrected chi connectivity index (χ0v) is 11.6. The van der Waals surface area contributed by atoms with Crippen molar-refractivity contribution in [2.24, 2.45) is 5.73 Å². The molecule has 0 radical (unpaired) electrons. The Labute approximate surface area is 122 Å². The Morgan fingerprint density at radius 3 is 2.52 bits per heavy atom. The van der Waals surface area contributed by atoms with Crippen molar-refractivity contribution in [3.05, 3.63) is 48.3 Å². The molecule has 2 rings (SSSR count). The van der Waals surface area contributed by atoms with Crippen LogP contribution in [-0.4, -0.2) is 23.5 Å². The van der Waals surface area contributed by atoms with E-state index in [1.54, 1.807) is 12.4 Å². The van der Waals surface area contributed by atoms with Crippen LogP contribution in [0, 0.1) is 6.92 Å². The van der Waals surface area contributed by atoms with E-state index in [4.69, 9.17) is 5.73 Å². The van der Waals surface area contributed by atoms with Gasteiger partial charge in [-0.15, -0.1) is 0 Å². The first kappa shape index (κ1) is 14.5. The summed E-state index contributed by atoms with van der Waals surface area (Å²) in [4.78, 5) is 26.3. The highest BCUT2D eigenvalue weighted by Gasteiger charge is 2.07. The van der Waals surface area contributed by atoms with Gasteiger partial charge in [-0.25, -0.2) is 4.79 Å². The van der Waals surface area contributed by atoms with Crippen LogP contribution in [0.1, 0.15) is 5.56 Å². The zero-order valence-electron chi connectivity index (χ0n) is 11.6. The molecule has 1 heterocycles. The van der Waals surface area contributed by atoms with Crippen LogP contribution in [0.2, 0.25) is 0 Å². The second kappa shape index (κ2) is 6.51. The molecule has 0 bridgehead atoms. The topological polar surface area (TPSA) is 97.1 Å². The predicted molar refractivity (Wildman–Crippen MR) is 80.6 cm³/mol. The van der Waals surface area contributed by atoms with Gasteiger partial charge in [0.25, 0.3) is 0 Å². The minimum atomic E-state index is -0.729. The average molecular weight is 284 g/mol. The number of amides is 3. The van der Waals surface area contributed by atoms with Gasteiger partial charge in [-0.3, -0.25) is 9.78 Å². The number of nitrogens with zero attached hydrogens (tertiary/aromatic N) is 1. The maximum atomic E-state index is 11.7. The number of nitrogens with two attached hydrogens (primary N) is 1. The van der Waals surface area contributed by atoms with Crippen molar-refractivity contribution in [1.29, 1.82) is 0 Å². The molecular formula is C15H16N4O2. The van der Waals surface area contributed by atoms with Crippen molar-refractivity contribution < 1.29 is 9.59 Å². The first-order chi connectivity index (χ1) is 10.1. The van der Waals surface area contributed by atoms with Gasteiger partial charge in [0.1, 0.15) is 0 Å². The molecule has 0 saturated carbocycles. The summed E-state index contributed by atoms with van der Waals surface area (Å²) in [5.41, 5.74) is 8.54. The van der Waals surface area contributed by atoms with Crippen molar-refractivity contribution in [3.8, 4) is 11.1 Å². The van der Waals surface area contributed by atoms with Gasteiger partial charge < -0.3 is 16.4 Å². The van der Waals surface area contributed by atoms with E-state index in [0.29, 0.717) is 5.69 Å². The van der Waals surface area contributed by atoms with Crippen molar-refractivity contribution >= 4 is 17.6 Å². The third-order valence-corrected chi connectivity index (χ3v) is 2.95. The first-order valence-corrected chi connectivity index (χ1v) is 6.40. The Hall–Kier alpha value is -2.89. The number of primary amides is 1. The number of rotatable bonds is 4. The molecule has 4 N–H and O–H groups in total. The molecule has 6 heteroatoms. The van der Waals surface area contributed by atoms with Crippen molar-refractivity contribution in [2.45, 2.75) is 6.92 Å². The summed E-state index contributed by atoms with van der Waals surface area (Å²) in [6.45, 7) is 1.74. The SMILES string of the molecule is Cc1ccc(-c2ccncc2)cc1NC(=O)CNC(N)=O. The van der Waals surface area contributed by atoms with E-state index >= 15 is 0 Å². The third-order valence-electron chi connectivity index (χ3n) is 2.95. The number of pyridine rings is 1. The molecule has 0 atom stereocenters. The lowest BCUT2D eigenvalue weighted by Gasteiger charge is -2.11. The van der Waals surface area contributed by atoms with E-state index in [-0.39, 0.29) is 12.5 Å². The van der Waals surface area contributed by atoms with Gasteiger partial charge in [-0.1, -0.05) is 12.1 Å². The Morgan fingerprint density at radius 1 is 1.14 bits per heavy atom. The maximum absolute atomic E-state index is 11.7. The molecule has 1 aromatic heterocycles. The molecule has 6 nitrogen and oxygen atoms in total. The lowest BCUT2D eigenvalue weighted by Crippen LogP contribution is -2.36. The molecule has 21 heavy (non-hydrogen) atoms. The van der Waals surface area contributed by atoms with E-state index in [0.717, 1.165) is 16.7 Å². The summed E-state index contributed by atoms with van der Waals surface area (Å²) in [7, 11) is 0. The lowest BCUT2D eigenvalue weighted by molar-refractivity contribution is -0.115. The fourth-order valence-electron chi connectivity index (χ4n) is 1.84. The molecule has 108 valence electrons. The molecule has 0 saturated heterocycles. The second-order valence-electron chi connectivity index (χ2n) is 4.53. The number of aryl methyl sites for hydroxylation is 1. The summed E-state index contributed by atoms with van der Waals surface area (Å²) in [5.74, 6) is -0.330. The quantitative estimate of drug-likeness (QED) is 0.796. The molecule has 0 aliphatic rings. The fraction of sp³-hybridized carbons (Fsp3) is 0.133. The molecular weight excluding hydrogens is 268 g/mol. The smallest absolute Gasteiger partial charge is 0.312 e. The average Bonchev–Trinajstić information content (AvgIpc) is 2.48. The minimum Gasteiger partial charge on any atom is -0.352 e. The summed E-state index contributed by atoms with van der Waals surface area (Å²) < 4.78 is 0. The number of hydrogen-bond acceptors (Lipinski definition) is 3. The van der Waals surface area contributed by atoms with Crippen LogP contribution in [0.25, 0.3) is 11.1 Å². The highest BCUT2D eigenvalue weighted by atomic mass is 16.2. The van der Waals surface area contributed by atoms with E-state index < -0.39 is 6.03 Å². The van der Waals surface area contributed by atoms with Gasteiger partial charge >= 0.3 is 6.03 Å². The number of hydrogen-bond donors (Lipinski definition) is 3. The third kappa shape index (κ3) is 4.04. The molecule has 0 aliphatic carbocycles. The Morgan fingerprint density at radius 2 is 1.86 bits per heavy atom. The Balaban J connectivity index is 2.16. The summed E-state index contributed by atoms with van der Waals surface area (Å²) in [5, 5.41) is 5.00. The zero-order chi connectivity index (χ0) is 15.2. The second-order valence-corrected chi connectivity index (χ2v) is 4.53. The standard InChI is InChI=1S/C15H16N4O2/c1-10-2-3-12(11-4-6-17-7-5-11)8-13(10)19-14(20)9-18-15(16)21/h2-8H,9H2,1H3,(H,19,20)(H3,16,18,21). The number of carbonyl (C=O) groups is 2. The predicted octanol–water partition coefficient (Wildman–Crippen LogP) is 1.66. The molecule has 0 aliphatic heterocycles. The largest absolute Gasteiger partial charge is 0.352 e. The normalized spacial score (nSPS) is 9.95. The van der Waals surface area contributed by atoms with Gasteiger partial charge in [0.15, 0.2) is 0 Å². The number of anilines is 1. The van der Waals surface area contributed by atoms with Crippen LogP contribution in [0.15, 0.2) is 42.7 Å². The van der Waals surface area contributed by atoms with Gasteiger partial charge in [-0.2, -0.15) is 0 Å². The molecule has 0 fully saturated rings. The molecule has 0 unspecified atom stereocenters. The fourth-order valence-corrected chi connectivity index (χ4v) is 1.84. The lowest BCUT2D eigenvalue weighted by atomic mass is 10.0. The van der Waals surface area contributed by atoms with Crippen LogP contribution in [0.5, 0.6) is 0 Å². The number of urea groups is 1. The molecule has 3 amide bonds. The number of nitrogens with one attached hydrogen (secondary N) is 2. The van der Waals surface area contributed by atoms with Crippen molar-refractivity contribution in [3.63, 3.8) is 0 Å². The maximum Gasteiger partial charge on any atom is 0.312 e. The highest BCUT2D eigenvalue weighted by Crippen LogP contribution is 2.24. The van der Waals surface area contributed by atoms with Crippen LogP contribution in [0.4, 0.5) is 10.5 Å². The minimum absolute atomic E-state index is 0.158. The monoisotopic (exact) mass is 284 g/mol. The van der Waals surface area contributed by atoms with E-state index in [1.165, 1.54) is 0 Å². The van der Waals surface area contributed by atoms with Gasteiger partial charge in [0.05, 0.1) is 6.54 Å².